The summed E-state index contributed by atoms with van der Waals surface area (Å²) in [4.78, 5) is 12.6. The summed E-state index contributed by atoms with van der Waals surface area (Å²) < 4.78 is 0. The first-order valence-electron chi connectivity index (χ1n) is 5.95. The van der Waals surface area contributed by atoms with Crippen molar-refractivity contribution in [3.05, 3.63) is 0 Å². The van der Waals surface area contributed by atoms with Crippen LogP contribution < -0.4 is 5.32 Å². The third-order valence-corrected chi connectivity index (χ3v) is 2.66. The van der Waals surface area contributed by atoms with Gasteiger partial charge in [-0.05, 0) is 33.4 Å². The summed E-state index contributed by atoms with van der Waals surface area (Å²) in [5.41, 5.74) is 0. The molecule has 2 N–H and O–H groups in total. The summed E-state index contributed by atoms with van der Waals surface area (Å²) in [6, 6.07) is 0.669. The number of carboxylic acid groups (broad SMARTS) is 1. The zero-order chi connectivity index (χ0) is 12.7. The van der Waals surface area contributed by atoms with Crippen molar-refractivity contribution < 1.29 is 9.90 Å². The molecule has 0 aliphatic carbocycles. The molecule has 4 heteroatoms. The molecule has 16 heavy (non-hydrogen) atoms. The van der Waals surface area contributed by atoms with E-state index in [0.717, 1.165) is 6.54 Å². The zero-order valence-electron chi connectivity index (χ0n) is 11.2. The average Bonchev–Trinajstić information content (AvgIpc) is 2.12. The fraction of sp³-hybridized carbons (Fsp3) is 0.917. The normalized spacial score (nSPS) is 15.4. The molecule has 0 rings (SSSR count). The van der Waals surface area contributed by atoms with Gasteiger partial charge < -0.3 is 15.3 Å². The van der Waals surface area contributed by atoms with E-state index in [-0.39, 0.29) is 12.5 Å². The van der Waals surface area contributed by atoms with Gasteiger partial charge in [-0.25, -0.2) is 0 Å². The highest BCUT2D eigenvalue weighted by atomic mass is 16.4. The molecule has 4 nitrogen and oxygen atoms in total. The lowest BCUT2D eigenvalue weighted by atomic mass is 10.0. The van der Waals surface area contributed by atoms with Crippen LogP contribution >= 0.6 is 0 Å². The summed E-state index contributed by atoms with van der Waals surface area (Å²) in [5, 5.41) is 12.1. The van der Waals surface area contributed by atoms with Crippen LogP contribution in [0.3, 0.4) is 0 Å². The number of carboxylic acids is 1. The van der Waals surface area contributed by atoms with Gasteiger partial charge in [0.25, 0.3) is 0 Å². The Balaban J connectivity index is 4.02. The third kappa shape index (κ3) is 7.65. The van der Waals surface area contributed by atoms with E-state index in [9.17, 15) is 4.79 Å². The molecule has 0 aromatic heterocycles. The van der Waals surface area contributed by atoms with E-state index < -0.39 is 5.97 Å². The molecule has 0 saturated heterocycles. The molecule has 0 saturated carbocycles. The van der Waals surface area contributed by atoms with Crippen molar-refractivity contribution in [1.82, 2.24) is 10.2 Å². The fourth-order valence-electron chi connectivity index (χ4n) is 1.64. The molecule has 0 radical (unpaired) electrons. The topological polar surface area (TPSA) is 52.6 Å². The van der Waals surface area contributed by atoms with Gasteiger partial charge in [-0.3, -0.25) is 4.79 Å². The standard InChI is InChI=1S/C12H26N2O2/c1-9(2)11(8-14(4)5)13-10(3)6-7-12(15)16/h9-11,13H,6-8H2,1-5H3,(H,15,16). The van der Waals surface area contributed by atoms with Gasteiger partial charge in [0.05, 0.1) is 0 Å². The van der Waals surface area contributed by atoms with Crippen LogP contribution in [0.2, 0.25) is 0 Å². The minimum absolute atomic E-state index is 0.237. The van der Waals surface area contributed by atoms with E-state index in [1.165, 1.54) is 0 Å². The molecule has 0 fully saturated rings. The van der Waals surface area contributed by atoms with Crippen LogP contribution in [-0.2, 0) is 4.79 Å². The van der Waals surface area contributed by atoms with E-state index in [4.69, 9.17) is 5.11 Å². The summed E-state index contributed by atoms with van der Waals surface area (Å²) >= 11 is 0. The lowest BCUT2D eigenvalue weighted by molar-refractivity contribution is -0.137. The molecule has 2 atom stereocenters. The van der Waals surface area contributed by atoms with Crippen LogP contribution in [0.15, 0.2) is 0 Å². The highest BCUT2D eigenvalue weighted by Crippen LogP contribution is 2.06. The van der Waals surface area contributed by atoms with E-state index >= 15 is 0 Å². The quantitative estimate of drug-likeness (QED) is 0.662. The van der Waals surface area contributed by atoms with Gasteiger partial charge in [-0.2, -0.15) is 0 Å². The number of hydrogen-bond acceptors (Lipinski definition) is 3. The maximum absolute atomic E-state index is 10.5. The van der Waals surface area contributed by atoms with Crippen molar-refractivity contribution in [2.45, 2.75) is 45.7 Å². The Hall–Kier alpha value is -0.610. The number of nitrogens with one attached hydrogen (secondary N) is 1. The van der Waals surface area contributed by atoms with Crippen LogP contribution in [0.1, 0.15) is 33.6 Å². The summed E-state index contributed by atoms with van der Waals surface area (Å²) in [6.07, 6.45) is 0.924. The van der Waals surface area contributed by atoms with Gasteiger partial charge in [0.15, 0.2) is 0 Å². The molecule has 0 aromatic carbocycles. The lowest BCUT2D eigenvalue weighted by Crippen LogP contribution is -2.46. The van der Waals surface area contributed by atoms with Crippen LogP contribution in [0.5, 0.6) is 0 Å². The number of nitrogens with zero attached hydrogens (tertiary/aromatic N) is 1. The molecule has 0 bridgehead atoms. The molecule has 0 aromatic rings. The number of likely N-dealkylation sites (N-methyl/N-ethyl adjacent to an activating group) is 1. The van der Waals surface area contributed by atoms with Crippen molar-refractivity contribution in [1.29, 1.82) is 0 Å². The number of rotatable bonds is 8. The van der Waals surface area contributed by atoms with Crippen molar-refractivity contribution in [2.24, 2.45) is 5.92 Å². The van der Waals surface area contributed by atoms with Crippen LogP contribution in [0.4, 0.5) is 0 Å². The maximum atomic E-state index is 10.5. The predicted molar refractivity (Wildman–Crippen MR) is 66.6 cm³/mol. The molecule has 0 amide bonds. The van der Waals surface area contributed by atoms with E-state index in [2.05, 4.69) is 38.2 Å². The van der Waals surface area contributed by atoms with Gasteiger partial charge in [0.2, 0.25) is 0 Å². The first kappa shape index (κ1) is 15.4. The smallest absolute Gasteiger partial charge is 0.303 e. The van der Waals surface area contributed by atoms with Crippen LogP contribution in [0.25, 0.3) is 0 Å². The van der Waals surface area contributed by atoms with Crippen molar-refractivity contribution in [3.8, 4) is 0 Å². The Morgan fingerprint density at radius 2 is 1.88 bits per heavy atom. The summed E-state index contributed by atoms with van der Waals surface area (Å²) in [6.45, 7) is 7.40. The Labute approximate surface area is 99.0 Å². The highest BCUT2D eigenvalue weighted by Gasteiger charge is 2.16. The van der Waals surface area contributed by atoms with Crippen molar-refractivity contribution in [3.63, 3.8) is 0 Å². The molecule has 0 aliphatic heterocycles. The Kier molecular flexibility index (Phi) is 7.34. The Morgan fingerprint density at radius 3 is 2.25 bits per heavy atom. The van der Waals surface area contributed by atoms with Crippen molar-refractivity contribution >= 4 is 5.97 Å². The summed E-state index contributed by atoms with van der Waals surface area (Å²) in [5.74, 6) is -0.169. The Bertz CT molecular complexity index is 205. The first-order chi connectivity index (χ1) is 7.32. The third-order valence-electron chi connectivity index (χ3n) is 2.66. The van der Waals surface area contributed by atoms with E-state index in [0.29, 0.717) is 18.4 Å². The van der Waals surface area contributed by atoms with E-state index in [1.54, 1.807) is 0 Å². The van der Waals surface area contributed by atoms with Crippen LogP contribution in [0, 0.1) is 5.92 Å². The second kappa shape index (κ2) is 7.63. The number of aliphatic carboxylic acids is 1. The molecular formula is C12H26N2O2. The SMILES string of the molecule is CC(CCC(=O)O)NC(CN(C)C)C(C)C. The maximum Gasteiger partial charge on any atom is 0.303 e. The largest absolute Gasteiger partial charge is 0.481 e. The highest BCUT2D eigenvalue weighted by molar-refractivity contribution is 5.66. The number of carbonyl (C=O) groups is 1. The predicted octanol–water partition coefficient (Wildman–Crippen LogP) is 1.42. The van der Waals surface area contributed by atoms with Gasteiger partial charge in [-0.15, -0.1) is 0 Å². The average molecular weight is 230 g/mol. The first-order valence-corrected chi connectivity index (χ1v) is 5.95. The molecule has 0 heterocycles. The minimum atomic E-state index is -0.720. The molecule has 96 valence electrons. The van der Waals surface area contributed by atoms with Gasteiger partial charge in [-0.1, -0.05) is 13.8 Å². The fourth-order valence-corrected chi connectivity index (χ4v) is 1.64. The molecular weight excluding hydrogens is 204 g/mol. The van der Waals surface area contributed by atoms with Gasteiger partial charge in [0.1, 0.15) is 0 Å². The van der Waals surface area contributed by atoms with Crippen molar-refractivity contribution in [2.75, 3.05) is 20.6 Å². The lowest BCUT2D eigenvalue weighted by Gasteiger charge is -2.28. The molecule has 2 unspecified atom stereocenters. The monoisotopic (exact) mass is 230 g/mol. The van der Waals surface area contributed by atoms with Gasteiger partial charge >= 0.3 is 5.97 Å². The minimum Gasteiger partial charge on any atom is -0.481 e. The second-order valence-electron chi connectivity index (χ2n) is 5.11. The Morgan fingerprint density at radius 1 is 1.31 bits per heavy atom. The van der Waals surface area contributed by atoms with Crippen LogP contribution in [-0.4, -0.2) is 48.7 Å². The van der Waals surface area contributed by atoms with Gasteiger partial charge in [0, 0.05) is 25.0 Å². The van der Waals surface area contributed by atoms with E-state index in [1.807, 2.05) is 6.92 Å². The summed E-state index contributed by atoms with van der Waals surface area (Å²) in [7, 11) is 4.11. The molecule has 0 aliphatic rings. The second-order valence-corrected chi connectivity index (χ2v) is 5.11. The zero-order valence-corrected chi connectivity index (χ0v) is 11.2. The molecule has 0 spiro atoms. The number of hydrogen-bond donors (Lipinski definition) is 2.